The normalized spacial score (nSPS) is 13.7. The molecule has 1 aromatic rings. The number of aromatic nitrogens is 2. The van der Waals surface area contributed by atoms with E-state index in [9.17, 15) is 0 Å². The Morgan fingerprint density at radius 2 is 2.20 bits per heavy atom. The van der Waals surface area contributed by atoms with Gasteiger partial charge in [-0.1, -0.05) is 13.8 Å². The summed E-state index contributed by atoms with van der Waals surface area (Å²) >= 11 is 0. The predicted octanol–water partition coefficient (Wildman–Crippen LogP) is 1.09. The number of H-pyrrole nitrogens is 1. The molecule has 86 valence electrons. The Morgan fingerprint density at radius 1 is 1.47 bits per heavy atom. The first-order valence-corrected chi connectivity index (χ1v) is 5.46. The van der Waals surface area contributed by atoms with E-state index in [1.165, 1.54) is 0 Å². The van der Waals surface area contributed by atoms with Crippen molar-refractivity contribution in [3.8, 4) is 0 Å². The molecule has 1 unspecified atom stereocenters. The van der Waals surface area contributed by atoms with Crippen molar-refractivity contribution in [2.75, 3.05) is 20.6 Å². The molecule has 0 saturated carbocycles. The predicted molar refractivity (Wildman–Crippen MR) is 62.6 cm³/mol. The van der Waals surface area contributed by atoms with Gasteiger partial charge in [0.25, 0.3) is 0 Å². The molecule has 1 rings (SSSR count). The average molecular weight is 210 g/mol. The van der Waals surface area contributed by atoms with Gasteiger partial charge in [0.2, 0.25) is 0 Å². The minimum absolute atomic E-state index is 0.517. The maximum atomic E-state index is 3.93. The van der Waals surface area contributed by atoms with Crippen molar-refractivity contribution >= 4 is 0 Å². The highest BCUT2D eigenvalue weighted by atomic mass is 15.1. The lowest BCUT2D eigenvalue weighted by Crippen LogP contribution is -2.41. The van der Waals surface area contributed by atoms with E-state index in [0.29, 0.717) is 12.0 Å². The summed E-state index contributed by atoms with van der Waals surface area (Å²) < 4.78 is 0. The Morgan fingerprint density at radius 3 is 2.67 bits per heavy atom. The van der Waals surface area contributed by atoms with Crippen LogP contribution >= 0.6 is 0 Å². The SMILES string of the molecule is CC(C)C(CN(C)C)NCc1ccn[nH]1. The van der Waals surface area contributed by atoms with Crippen LogP contribution in [0.3, 0.4) is 0 Å². The molecule has 0 spiro atoms. The summed E-state index contributed by atoms with van der Waals surface area (Å²) in [4.78, 5) is 2.21. The van der Waals surface area contributed by atoms with Crippen LogP contribution in [-0.2, 0) is 6.54 Å². The van der Waals surface area contributed by atoms with E-state index < -0.39 is 0 Å². The van der Waals surface area contributed by atoms with Crippen LogP contribution in [0.2, 0.25) is 0 Å². The van der Waals surface area contributed by atoms with Crippen molar-refractivity contribution in [3.05, 3.63) is 18.0 Å². The molecule has 0 aliphatic rings. The molecule has 0 saturated heterocycles. The summed E-state index contributed by atoms with van der Waals surface area (Å²) in [6.45, 7) is 6.41. The summed E-state index contributed by atoms with van der Waals surface area (Å²) in [6, 6.07) is 2.52. The van der Waals surface area contributed by atoms with Gasteiger partial charge in [0, 0.05) is 31.0 Å². The monoisotopic (exact) mass is 210 g/mol. The van der Waals surface area contributed by atoms with Gasteiger partial charge in [-0.3, -0.25) is 5.10 Å². The van der Waals surface area contributed by atoms with Crippen molar-refractivity contribution in [1.82, 2.24) is 20.4 Å². The fourth-order valence-corrected chi connectivity index (χ4v) is 1.53. The highest BCUT2D eigenvalue weighted by molar-refractivity contribution is 4.97. The Bertz CT molecular complexity index is 254. The molecule has 0 amide bonds. The Balaban J connectivity index is 2.38. The van der Waals surface area contributed by atoms with Gasteiger partial charge in [-0.15, -0.1) is 0 Å². The third-order valence-electron chi connectivity index (χ3n) is 2.48. The molecule has 0 aromatic carbocycles. The molecular weight excluding hydrogens is 188 g/mol. The minimum Gasteiger partial charge on any atom is -0.308 e. The maximum absolute atomic E-state index is 3.93. The zero-order chi connectivity index (χ0) is 11.3. The molecule has 0 aliphatic heterocycles. The summed E-state index contributed by atoms with van der Waals surface area (Å²) in [7, 11) is 4.21. The van der Waals surface area contributed by atoms with Crippen molar-refractivity contribution in [2.24, 2.45) is 5.92 Å². The number of hydrogen-bond acceptors (Lipinski definition) is 3. The summed E-state index contributed by atoms with van der Waals surface area (Å²) in [5.74, 6) is 0.635. The van der Waals surface area contributed by atoms with E-state index in [4.69, 9.17) is 0 Å². The molecule has 15 heavy (non-hydrogen) atoms. The number of nitrogens with one attached hydrogen (secondary N) is 2. The quantitative estimate of drug-likeness (QED) is 0.738. The number of likely N-dealkylation sites (N-methyl/N-ethyl adjacent to an activating group) is 1. The summed E-state index contributed by atoms with van der Waals surface area (Å²) in [5.41, 5.74) is 1.14. The lowest BCUT2D eigenvalue weighted by atomic mass is 10.0. The van der Waals surface area contributed by atoms with Gasteiger partial charge in [0.1, 0.15) is 0 Å². The van der Waals surface area contributed by atoms with Crippen LogP contribution in [0.5, 0.6) is 0 Å². The highest BCUT2D eigenvalue weighted by Crippen LogP contribution is 2.04. The van der Waals surface area contributed by atoms with E-state index in [2.05, 4.69) is 48.4 Å². The third kappa shape index (κ3) is 4.44. The molecule has 4 heteroatoms. The largest absolute Gasteiger partial charge is 0.308 e. The van der Waals surface area contributed by atoms with Gasteiger partial charge in [0.15, 0.2) is 0 Å². The van der Waals surface area contributed by atoms with Gasteiger partial charge < -0.3 is 10.2 Å². The molecule has 0 aliphatic carbocycles. The molecule has 1 heterocycles. The average Bonchev–Trinajstić information content (AvgIpc) is 2.63. The van der Waals surface area contributed by atoms with E-state index in [-0.39, 0.29) is 0 Å². The van der Waals surface area contributed by atoms with Crippen LogP contribution in [0.1, 0.15) is 19.5 Å². The Kier molecular flexibility index (Phi) is 4.78. The molecule has 1 atom stereocenters. The van der Waals surface area contributed by atoms with E-state index in [1.807, 2.05) is 6.07 Å². The lowest BCUT2D eigenvalue weighted by molar-refractivity contribution is 0.287. The molecule has 1 aromatic heterocycles. The van der Waals surface area contributed by atoms with E-state index in [1.54, 1.807) is 6.20 Å². The Hall–Kier alpha value is -0.870. The maximum Gasteiger partial charge on any atom is 0.0490 e. The van der Waals surface area contributed by atoms with Crippen molar-refractivity contribution < 1.29 is 0 Å². The van der Waals surface area contributed by atoms with E-state index >= 15 is 0 Å². The molecular formula is C11H22N4. The smallest absolute Gasteiger partial charge is 0.0490 e. The van der Waals surface area contributed by atoms with Crippen LogP contribution in [0.4, 0.5) is 0 Å². The zero-order valence-electron chi connectivity index (χ0n) is 10.1. The van der Waals surface area contributed by atoms with Crippen LogP contribution in [0.15, 0.2) is 12.3 Å². The van der Waals surface area contributed by atoms with Crippen molar-refractivity contribution in [2.45, 2.75) is 26.4 Å². The topological polar surface area (TPSA) is 44.0 Å². The number of hydrogen-bond donors (Lipinski definition) is 2. The van der Waals surface area contributed by atoms with Gasteiger partial charge in [0.05, 0.1) is 0 Å². The van der Waals surface area contributed by atoms with Gasteiger partial charge >= 0.3 is 0 Å². The Labute approximate surface area is 92.1 Å². The van der Waals surface area contributed by atoms with Gasteiger partial charge in [-0.2, -0.15) is 5.10 Å². The number of aromatic amines is 1. The van der Waals surface area contributed by atoms with Crippen molar-refractivity contribution in [1.29, 1.82) is 0 Å². The van der Waals surface area contributed by atoms with Crippen LogP contribution in [0.25, 0.3) is 0 Å². The van der Waals surface area contributed by atoms with Crippen LogP contribution in [-0.4, -0.2) is 41.8 Å². The van der Waals surface area contributed by atoms with Gasteiger partial charge in [-0.05, 0) is 26.1 Å². The highest BCUT2D eigenvalue weighted by Gasteiger charge is 2.13. The fraction of sp³-hybridized carbons (Fsp3) is 0.727. The van der Waals surface area contributed by atoms with Crippen molar-refractivity contribution in [3.63, 3.8) is 0 Å². The zero-order valence-corrected chi connectivity index (χ0v) is 10.1. The van der Waals surface area contributed by atoms with Gasteiger partial charge in [-0.25, -0.2) is 0 Å². The first-order valence-electron chi connectivity index (χ1n) is 5.46. The summed E-state index contributed by atoms with van der Waals surface area (Å²) in [6.07, 6.45) is 1.79. The fourth-order valence-electron chi connectivity index (χ4n) is 1.53. The lowest BCUT2D eigenvalue weighted by Gasteiger charge is -2.25. The molecule has 2 N–H and O–H groups in total. The standard InChI is InChI=1S/C11H22N4/c1-9(2)11(8-15(3)4)12-7-10-5-6-13-14-10/h5-6,9,11-12H,7-8H2,1-4H3,(H,13,14). The molecule has 0 bridgehead atoms. The second-order valence-electron chi connectivity index (χ2n) is 4.58. The molecule has 0 fully saturated rings. The molecule has 4 nitrogen and oxygen atoms in total. The number of nitrogens with zero attached hydrogens (tertiary/aromatic N) is 2. The minimum atomic E-state index is 0.517. The second kappa shape index (κ2) is 5.88. The third-order valence-corrected chi connectivity index (χ3v) is 2.48. The van der Waals surface area contributed by atoms with Crippen LogP contribution < -0.4 is 5.32 Å². The van der Waals surface area contributed by atoms with Crippen LogP contribution in [0, 0.1) is 5.92 Å². The second-order valence-corrected chi connectivity index (χ2v) is 4.58. The molecule has 0 radical (unpaired) electrons. The number of rotatable bonds is 6. The first-order chi connectivity index (χ1) is 7.09. The summed E-state index contributed by atoms with van der Waals surface area (Å²) in [5, 5.41) is 10.4. The first kappa shape index (κ1) is 12.2. The van der Waals surface area contributed by atoms with E-state index in [0.717, 1.165) is 18.8 Å².